The largest absolute Gasteiger partial charge is 0.444 e. The van der Waals surface area contributed by atoms with Gasteiger partial charge in [0, 0.05) is 38.6 Å². The molecule has 0 radical (unpaired) electrons. The molecule has 0 bridgehead atoms. The van der Waals surface area contributed by atoms with E-state index in [-0.39, 0.29) is 42.2 Å². The highest BCUT2D eigenvalue weighted by atomic mass is 16.6. The highest BCUT2D eigenvalue weighted by Gasteiger charge is 2.49. The van der Waals surface area contributed by atoms with Crippen molar-refractivity contribution < 1.29 is 33.4 Å². The van der Waals surface area contributed by atoms with Crippen LogP contribution in [0.5, 0.6) is 0 Å². The summed E-state index contributed by atoms with van der Waals surface area (Å²) in [6, 6.07) is 8.25. The average molecular weight is 585 g/mol. The van der Waals surface area contributed by atoms with Crippen LogP contribution < -0.4 is 5.32 Å². The van der Waals surface area contributed by atoms with Gasteiger partial charge in [-0.15, -0.1) is 0 Å². The molecule has 0 saturated carbocycles. The molecular formula is C31H44N4O7. The van der Waals surface area contributed by atoms with Crippen molar-refractivity contribution in [2.24, 2.45) is 5.92 Å². The zero-order chi connectivity index (χ0) is 29.9. The first kappa shape index (κ1) is 30.3. The van der Waals surface area contributed by atoms with E-state index in [1.165, 1.54) is 0 Å². The van der Waals surface area contributed by atoms with Gasteiger partial charge in [-0.1, -0.05) is 30.3 Å². The van der Waals surface area contributed by atoms with E-state index < -0.39 is 23.8 Å². The number of hydrogen-bond donors (Lipinski definition) is 1. The predicted molar refractivity (Wildman–Crippen MR) is 153 cm³/mol. The van der Waals surface area contributed by atoms with Crippen molar-refractivity contribution >= 4 is 23.8 Å². The second kappa shape index (κ2) is 13.0. The molecule has 4 fully saturated rings. The molecule has 4 saturated heterocycles. The van der Waals surface area contributed by atoms with Crippen LogP contribution in [0.1, 0.15) is 58.4 Å². The maximum absolute atomic E-state index is 14.1. The number of carbonyl (C=O) groups is 4. The van der Waals surface area contributed by atoms with Gasteiger partial charge in [0.05, 0.1) is 31.8 Å². The topological polar surface area (TPSA) is 118 Å². The minimum atomic E-state index is -0.885. The molecule has 4 aliphatic heterocycles. The van der Waals surface area contributed by atoms with Crippen LogP contribution in [0.25, 0.3) is 0 Å². The standard InChI is InChI=1S/C31H44N4O7/c1-31(2,3)42-30(39)32-25-17-24(41-20-21-7-5-4-6-8-21)11-9-23-10-12-26(35(23)28(25)37)29(38)34-18-22(19-34)27(36)33-13-15-40-16-14-33/h4-8,22-26H,9-20H2,1-3H3,(H,32,39)/t23-,24-,25-,26-/m0/s1. The summed E-state index contributed by atoms with van der Waals surface area (Å²) in [4.78, 5) is 58.6. The molecule has 0 spiro atoms. The van der Waals surface area contributed by atoms with Crippen LogP contribution in [0.2, 0.25) is 0 Å². The SMILES string of the molecule is CC(C)(C)OC(=O)N[C@H]1C[C@@H](OCc2ccccc2)CC[C@H]2CC[C@@H](C(=O)N3CC(C(=O)N4CCOCC4)C3)N2C1=O. The van der Waals surface area contributed by atoms with Crippen molar-refractivity contribution in [2.75, 3.05) is 39.4 Å². The number of morpholine rings is 1. The summed E-state index contributed by atoms with van der Waals surface area (Å²) in [7, 11) is 0. The molecule has 4 amide bonds. The minimum absolute atomic E-state index is 0.0668. The van der Waals surface area contributed by atoms with E-state index in [0.717, 1.165) is 5.56 Å². The van der Waals surface area contributed by atoms with Crippen LogP contribution in [-0.4, -0.2) is 108 Å². The molecule has 0 aromatic heterocycles. The zero-order valence-electron chi connectivity index (χ0n) is 25.0. The third-order valence-corrected chi connectivity index (χ3v) is 8.55. The molecule has 4 aliphatic rings. The molecule has 1 aromatic rings. The fraction of sp³-hybridized carbons (Fsp3) is 0.677. The number of ether oxygens (including phenoxy) is 3. The Labute approximate surface area is 247 Å². The fourth-order valence-electron chi connectivity index (χ4n) is 6.36. The first-order valence-electron chi connectivity index (χ1n) is 15.2. The number of amides is 4. The number of benzene rings is 1. The summed E-state index contributed by atoms with van der Waals surface area (Å²) >= 11 is 0. The number of hydrogen-bond acceptors (Lipinski definition) is 7. The molecule has 230 valence electrons. The third kappa shape index (κ3) is 7.23. The zero-order valence-corrected chi connectivity index (χ0v) is 25.0. The van der Waals surface area contributed by atoms with Gasteiger partial charge >= 0.3 is 6.09 Å². The Morgan fingerprint density at radius 2 is 1.64 bits per heavy atom. The summed E-state index contributed by atoms with van der Waals surface area (Å²) in [5, 5.41) is 2.79. The lowest BCUT2D eigenvalue weighted by atomic mass is 9.95. The maximum Gasteiger partial charge on any atom is 0.408 e. The molecule has 11 heteroatoms. The Balaban J connectivity index is 1.25. The van der Waals surface area contributed by atoms with Crippen molar-refractivity contribution in [1.82, 2.24) is 20.0 Å². The molecule has 5 rings (SSSR count). The van der Waals surface area contributed by atoms with Crippen molar-refractivity contribution in [2.45, 2.75) is 89.3 Å². The number of carbonyl (C=O) groups excluding carboxylic acids is 4. The van der Waals surface area contributed by atoms with Crippen molar-refractivity contribution in [3.05, 3.63) is 35.9 Å². The van der Waals surface area contributed by atoms with Gasteiger partial charge in [-0.3, -0.25) is 14.4 Å². The van der Waals surface area contributed by atoms with Crippen molar-refractivity contribution in [1.29, 1.82) is 0 Å². The number of rotatable bonds is 6. The number of nitrogens with zero attached hydrogens (tertiary/aromatic N) is 3. The van der Waals surface area contributed by atoms with Crippen LogP contribution in [0, 0.1) is 5.92 Å². The first-order chi connectivity index (χ1) is 20.1. The van der Waals surface area contributed by atoms with Gasteiger partial charge in [0.2, 0.25) is 17.7 Å². The smallest absolute Gasteiger partial charge is 0.408 e. The summed E-state index contributed by atoms with van der Waals surface area (Å²) in [5.41, 5.74) is 0.315. The number of alkyl carbamates (subject to hydrolysis) is 1. The van der Waals surface area contributed by atoms with Gasteiger partial charge < -0.3 is 34.2 Å². The highest BCUT2D eigenvalue weighted by Crippen LogP contribution is 2.34. The molecule has 4 heterocycles. The van der Waals surface area contributed by atoms with Crippen molar-refractivity contribution in [3.8, 4) is 0 Å². The summed E-state index contributed by atoms with van der Waals surface area (Å²) < 4.78 is 17.1. The Hall–Kier alpha value is -3.18. The minimum Gasteiger partial charge on any atom is -0.444 e. The van der Waals surface area contributed by atoms with E-state index in [1.807, 2.05) is 35.2 Å². The third-order valence-electron chi connectivity index (χ3n) is 8.55. The lowest BCUT2D eigenvalue weighted by molar-refractivity contribution is -0.157. The van der Waals surface area contributed by atoms with Crippen LogP contribution in [-0.2, 0) is 35.2 Å². The van der Waals surface area contributed by atoms with Crippen LogP contribution in [0.4, 0.5) is 4.79 Å². The summed E-state index contributed by atoms with van der Waals surface area (Å²) in [6.07, 6.45) is 2.05. The number of likely N-dealkylation sites (tertiary alicyclic amines) is 1. The second-order valence-electron chi connectivity index (χ2n) is 12.8. The molecule has 1 aromatic carbocycles. The number of nitrogens with one attached hydrogen (secondary N) is 1. The van der Waals surface area contributed by atoms with Gasteiger partial charge in [-0.2, -0.15) is 0 Å². The monoisotopic (exact) mass is 584 g/mol. The molecule has 4 atom stereocenters. The normalized spacial score (nSPS) is 27.0. The van der Waals surface area contributed by atoms with Gasteiger partial charge in [0.15, 0.2) is 0 Å². The van der Waals surface area contributed by atoms with Crippen molar-refractivity contribution in [3.63, 3.8) is 0 Å². The van der Waals surface area contributed by atoms with Crippen LogP contribution >= 0.6 is 0 Å². The summed E-state index contributed by atoms with van der Waals surface area (Å²) in [5.74, 6) is -0.546. The molecule has 0 aliphatic carbocycles. The van der Waals surface area contributed by atoms with Gasteiger partial charge in [-0.05, 0) is 52.0 Å². The number of fused-ring (bicyclic) bond motifs is 1. The first-order valence-corrected chi connectivity index (χ1v) is 15.2. The molecule has 11 nitrogen and oxygen atoms in total. The fourth-order valence-corrected chi connectivity index (χ4v) is 6.36. The Bertz CT molecular complexity index is 1130. The lowest BCUT2D eigenvalue weighted by Gasteiger charge is -2.44. The van der Waals surface area contributed by atoms with Crippen LogP contribution in [0.15, 0.2) is 30.3 Å². The van der Waals surface area contributed by atoms with E-state index in [4.69, 9.17) is 14.2 Å². The molecular weight excluding hydrogens is 540 g/mol. The molecule has 0 unspecified atom stereocenters. The van der Waals surface area contributed by atoms with E-state index >= 15 is 0 Å². The van der Waals surface area contributed by atoms with Gasteiger partial charge in [0.1, 0.15) is 17.7 Å². The van der Waals surface area contributed by atoms with Gasteiger partial charge in [-0.25, -0.2) is 4.79 Å². The van der Waals surface area contributed by atoms with E-state index in [0.29, 0.717) is 71.7 Å². The average Bonchev–Trinajstić information content (AvgIpc) is 3.35. The molecule has 1 N–H and O–H groups in total. The van der Waals surface area contributed by atoms with E-state index in [1.54, 1.807) is 30.6 Å². The second-order valence-corrected chi connectivity index (χ2v) is 12.8. The molecule has 42 heavy (non-hydrogen) atoms. The van der Waals surface area contributed by atoms with Crippen LogP contribution in [0.3, 0.4) is 0 Å². The quantitative estimate of drug-likeness (QED) is 0.545. The Kier molecular flexibility index (Phi) is 9.37. The van der Waals surface area contributed by atoms with E-state index in [2.05, 4.69) is 5.32 Å². The predicted octanol–water partition coefficient (Wildman–Crippen LogP) is 2.33. The Morgan fingerprint density at radius 1 is 0.952 bits per heavy atom. The van der Waals surface area contributed by atoms with Gasteiger partial charge in [0.25, 0.3) is 0 Å². The highest BCUT2D eigenvalue weighted by molar-refractivity contribution is 5.93. The van der Waals surface area contributed by atoms with E-state index in [9.17, 15) is 19.2 Å². The lowest BCUT2D eigenvalue weighted by Crippen LogP contribution is -2.63. The summed E-state index contributed by atoms with van der Waals surface area (Å²) in [6.45, 7) is 8.70. The Morgan fingerprint density at radius 3 is 2.33 bits per heavy atom. The maximum atomic E-state index is 14.1.